The van der Waals surface area contributed by atoms with Crippen molar-refractivity contribution in [3.8, 4) is 0 Å². The first-order chi connectivity index (χ1) is 20.3. The second-order valence-electron chi connectivity index (χ2n) is 11.1. The van der Waals surface area contributed by atoms with Crippen LogP contribution in [0.2, 0.25) is 0 Å². The van der Waals surface area contributed by atoms with Crippen molar-refractivity contribution in [2.75, 3.05) is 54.9 Å². The van der Waals surface area contributed by atoms with Crippen LogP contribution in [0.4, 0.5) is 21.9 Å². The Morgan fingerprint density at radius 2 is 1.55 bits per heavy atom. The van der Waals surface area contributed by atoms with Crippen molar-refractivity contribution in [1.29, 1.82) is 0 Å². The molecule has 1 saturated heterocycles. The Balaban J connectivity index is 1.22. The van der Waals surface area contributed by atoms with Gasteiger partial charge in [-0.05, 0) is 93.1 Å². The van der Waals surface area contributed by atoms with E-state index < -0.39 is 0 Å². The minimum atomic E-state index is -0.0759. The summed E-state index contributed by atoms with van der Waals surface area (Å²) in [6.45, 7) is 9.86. The van der Waals surface area contributed by atoms with E-state index in [9.17, 15) is 9.59 Å². The van der Waals surface area contributed by atoms with E-state index in [4.69, 9.17) is 5.11 Å². The van der Waals surface area contributed by atoms with Gasteiger partial charge in [0.1, 0.15) is 0 Å². The molecule has 0 saturated carbocycles. The van der Waals surface area contributed by atoms with Gasteiger partial charge in [0, 0.05) is 62.3 Å². The first kappa shape index (κ1) is 31.1. The molecule has 4 N–H and O–H groups in total. The molecule has 1 fully saturated rings. The van der Waals surface area contributed by atoms with Crippen LogP contribution in [0.1, 0.15) is 54.5 Å². The summed E-state index contributed by atoms with van der Waals surface area (Å²) in [6, 6.07) is 22.5. The van der Waals surface area contributed by atoms with Gasteiger partial charge in [0.15, 0.2) is 0 Å². The molecule has 1 heterocycles. The van der Waals surface area contributed by atoms with Crippen molar-refractivity contribution in [2.24, 2.45) is 0 Å². The van der Waals surface area contributed by atoms with Gasteiger partial charge in [-0.3, -0.25) is 4.79 Å². The zero-order chi connectivity index (χ0) is 29.9. The predicted molar refractivity (Wildman–Crippen MR) is 171 cm³/mol. The fourth-order valence-corrected chi connectivity index (χ4v) is 5.39. The molecule has 0 aromatic heterocycles. The zero-order valence-electron chi connectivity index (χ0n) is 25.2. The lowest BCUT2D eigenvalue weighted by Gasteiger charge is -2.36. The molecule has 1 unspecified atom stereocenters. The number of carbonyl (C=O) groups excluding carboxylic acids is 2. The van der Waals surface area contributed by atoms with E-state index in [1.54, 1.807) is 0 Å². The molecular weight excluding hydrogens is 526 g/mol. The number of nitrogens with zero attached hydrogens (tertiary/aromatic N) is 2. The molecule has 0 aliphatic carbocycles. The highest BCUT2D eigenvalue weighted by molar-refractivity contribution is 5.92. The molecule has 1 aliphatic heterocycles. The first-order valence-corrected chi connectivity index (χ1v) is 15.0. The van der Waals surface area contributed by atoms with Crippen LogP contribution in [0, 0.1) is 13.8 Å². The number of amides is 3. The molecule has 42 heavy (non-hydrogen) atoms. The van der Waals surface area contributed by atoms with Crippen LogP contribution in [0.15, 0.2) is 66.7 Å². The van der Waals surface area contributed by atoms with Crippen LogP contribution in [0.5, 0.6) is 0 Å². The van der Waals surface area contributed by atoms with Gasteiger partial charge in [-0.1, -0.05) is 42.5 Å². The lowest BCUT2D eigenvalue weighted by molar-refractivity contribution is -0.116. The number of nitrogens with one attached hydrogen (secondary N) is 3. The SMILES string of the molecule is Cc1cc(C(C)NCCCO)cc(C)c1NC(=O)N1CCN(c2ccc(NC(=O)CCCc3ccccc3)cc2)CC1. The lowest BCUT2D eigenvalue weighted by atomic mass is 10.00. The average Bonchev–Trinajstić information content (AvgIpc) is 3.00. The second kappa shape index (κ2) is 15.4. The summed E-state index contributed by atoms with van der Waals surface area (Å²) in [4.78, 5) is 29.7. The smallest absolute Gasteiger partial charge is 0.321 e. The van der Waals surface area contributed by atoms with Crippen LogP contribution < -0.4 is 20.9 Å². The molecule has 1 aliphatic rings. The number of hydrogen-bond donors (Lipinski definition) is 4. The summed E-state index contributed by atoms with van der Waals surface area (Å²) in [5.74, 6) is 0.0302. The molecule has 0 spiro atoms. The Morgan fingerprint density at radius 1 is 0.881 bits per heavy atom. The lowest BCUT2D eigenvalue weighted by Crippen LogP contribution is -2.50. The minimum absolute atomic E-state index is 0.0302. The number of rotatable bonds is 12. The van der Waals surface area contributed by atoms with Gasteiger partial charge in [0.25, 0.3) is 0 Å². The molecule has 0 radical (unpaired) electrons. The largest absolute Gasteiger partial charge is 0.396 e. The zero-order valence-corrected chi connectivity index (χ0v) is 25.2. The predicted octanol–water partition coefficient (Wildman–Crippen LogP) is 5.65. The summed E-state index contributed by atoms with van der Waals surface area (Å²) >= 11 is 0. The maximum atomic E-state index is 13.1. The van der Waals surface area contributed by atoms with E-state index in [-0.39, 0.29) is 24.6 Å². The highest BCUT2D eigenvalue weighted by atomic mass is 16.3. The van der Waals surface area contributed by atoms with Crippen LogP contribution in [0.25, 0.3) is 0 Å². The molecule has 3 aromatic carbocycles. The summed E-state index contributed by atoms with van der Waals surface area (Å²) in [5.41, 5.74) is 7.25. The Hall–Kier alpha value is -3.88. The number of aliphatic hydroxyl groups excluding tert-OH is 1. The molecular formula is C34H45N5O3. The third-order valence-corrected chi connectivity index (χ3v) is 7.87. The molecule has 3 aromatic rings. The van der Waals surface area contributed by atoms with E-state index >= 15 is 0 Å². The van der Waals surface area contributed by atoms with Crippen molar-refractivity contribution in [3.63, 3.8) is 0 Å². The minimum Gasteiger partial charge on any atom is -0.396 e. The summed E-state index contributed by atoms with van der Waals surface area (Å²) in [6.07, 6.45) is 2.93. The van der Waals surface area contributed by atoms with Crippen molar-refractivity contribution >= 4 is 29.0 Å². The number of benzene rings is 3. The number of urea groups is 1. The quantitative estimate of drug-likeness (QED) is 0.211. The number of aliphatic hydroxyl groups is 1. The normalized spacial score (nSPS) is 14.0. The van der Waals surface area contributed by atoms with Crippen molar-refractivity contribution in [2.45, 2.75) is 52.5 Å². The molecule has 4 rings (SSSR count). The molecule has 8 nitrogen and oxygen atoms in total. The first-order valence-electron chi connectivity index (χ1n) is 15.0. The third kappa shape index (κ3) is 8.81. The van der Waals surface area contributed by atoms with Gasteiger partial charge in [-0.15, -0.1) is 0 Å². The van der Waals surface area contributed by atoms with Gasteiger partial charge in [-0.2, -0.15) is 0 Å². The Labute approximate surface area is 250 Å². The Kier molecular flexibility index (Phi) is 11.4. The van der Waals surface area contributed by atoms with Crippen molar-refractivity contribution < 1.29 is 14.7 Å². The fourth-order valence-electron chi connectivity index (χ4n) is 5.39. The molecule has 8 heteroatoms. The second-order valence-corrected chi connectivity index (χ2v) is 11.1. The molecule has 0 bridgehead atoms. The van der Waals surface area contributed by atoms with Gasteiger partial charge in [0.2, 0.25) is 5.91 Å². The standard InChI is InChI=1S/C34H45N5O3/c1-25-23-29(27(3)35-17-8-22-40)24-26(2)33(25)37-34(42)39-20-18-38(19-21-39)31-15-13-30(14-16-31)36-32(41)12-7-11-28-9-5-4-6-10-28/h4-6,9-10,13-16,23-24,27,35,40H,7-8,11-12,17-22H2,1-3H3,(H,36,41)(H,37,42). The third-order valence-electron chi connectivity index (χ3n) is 7.87. The molecule has 1 atom stereocenters. The van der Waals surface area contributed by atoms with Gasteiger partial charge in [-0.25, -0.2) is 4.79 Å². The maximum Gasteiger partial charge on any atom is 0.321 e. The topological polar surface area (TPSA) is 96.9 Å². The Bertz CT molecular complexity index is 1280. The van der Waals surface area contributed by atoms with Crippen molar-refractivity contribution in [3.05, 3.63) is 89.0 Å². The number of anilines is 3. The van der Waals surface area contributed by atoms with Crippen LogP contribution >= 0.6 is 0 Å². The van der Waals surface area contributed by atoms with E-state index in [0.717, 1.165) is 67.1 Å². The molecule has 224 valence electrons. The summed E-state index contributed by atoms with van der Waals surface area (Å²) in [5, 5.41) is 18.6. The monoisotopic (exact) mass is 571 g/mol. The van der Waals surface area contributed by atoms with E-state index in [1.165, 1.54) is 11.1 Å². The van der Waals surface area contributed by atoms with Gasteiger partial charge in [0.05, 0.1) is 0 Å². The highest BCUT2D eigenvalue weighted by Gasteiger charge is 2.22. The Morgan fingerprint density at radius 3 is 2.19 bits per heavy atom. The summed E-state index contributed by atoms with van der Waals surface area (Å²) < 4.78 is 0. The van der Waals surface area contributed by atoms with E-state index in [0.29, 0.717) is 19.5 Å². The van der Waals surface area contributed by atoms with Crippen LogP contribution in [-0.4, -0.2) is 61.3 Å². The van der Waals surface area contributed by atoms with Gasteiger partial charge >= 0.3 is 6.03 Å². The maximum absolute atomic E-state index is 13.1. The number of aryl methyl sites for hydroxylation is 3. The average molecular weight is 572 g/mol. The number of piperazine rings is 1. The van der Waals surface area contributed by atoms with Crippen LogP contribution in [-0.2, 0) is 11.2 Å². The van der Waals surface area contributed by atoms with Crippen molar-refractivity contribution in [1.82, 2.24) is 10.2 Å². The van der Waals surface area contributed by atoms with E-state index in [2.05, 4.69) is 52.0 Å². The highest BCUT2D eigenvalue weighted by Crippen LogP contribution is 2.26. The fraction of sp³-hybridized carbons (Fsp3) is 0.412. The summed E-state index contributed by atoms with van der Waals surface area (Å²) in [7, 11) is 0. The number of hydrogen-bond acceptors (Lipinski definition) is 5. The van der Waals surface area contributed by atoms with Gasteiger partial charge < -0.3 is 30.9 Å². The van der Waals surface area contributed by atoms with E-state index in [1.807, 2.05) is 61.2 Å². The van der Waals surface area contributed by atoms with Crippen LogP contribution in [0.3, 0.4) is 0 Å². The number of carbonyl (C=O) groups is 2. The molecule has 3 amide bonds.